The lowest BCUT2D eigenvalue weighted by atomic mass is 10.2. The van der Waals surface area contributed by atoms with Crippen LogP contribution in [0.4, 0.5) is 21.9 Å². The number of nitrogens with zero attached hydrogens (tertiary/aromatic N) is 3. The quantitative estimate of drug-likeness (QED) is 0.626. The lowest BCUT2D eigenvalue weighted by Gasteiger charge is -2.30. The number of benzene rings is 2. The SMILES string of the molecule is CSc1cccc(NC(=O)Nc2cc3c(cc2N2CCOCC2)n(C)c(=O)n3C)c1. The van der Waals surface area contributed by atoms with Crippen molar-refractivity contribution in [1.82, 2.24) is 9.13 Å². The Bertz CT molecular complexity index is 1150. The van der Waals surface area contributed by atoms with E-state index in [1.807, 2.05) is 42.7 Å². The fourth-order valence-electron chi connectivity index (χ4n) is 3.69. The van der Waals surface area contributed by atoms with Gasteiger partial charge in [0.15, 0.2) is 0 Å². The van der Waals surface area contributed by atoms with Crippen molar-refractivity contribution in [3.8, 4) is 0 Å². The number of carbonyl (C=O) groups is 1. The average Bonchev–Trinajstić information content (AvgIpc) is 2.97. The minimum atomic E-state index is -0.331. The topological polar surface area (TPSA) is 80.5 Å². The van der Waals surface area contributed by atoms with Gasteiger partial charge in [0.05, 0.1) is 35.6 Å². The van der Waals surface area contributed by atoms with Crippen LogP contribution in [0.5, 0.6) is 0 Å². The Morgan fingerprint density at radius 2 is 1.73 bits per heavy atom. The molecule has 0 atom stereocenters. The van der Waals surface area contributed by atoms with Crippen LogP contribution in [0.3, 0.4) is 0 Å². The van der Waals surface area contributed by atoms with Crippen LogP contribution in [0.1, 0.15) is 0 Å². The fourth-order valence-corrected chi connectivity index (χ4v) is 4.15. The maximum absolute atomic E-state index is 12.8. The summed E-state index contributed by atoms with van der Waals surface area (Å²) in [7, 11) is 3.49. The van der Waals surface area contributed by atoms with Crippen LogP contribution in [0.2, 0.25) is 0 Å². The highest BCUT2D eigenvalue weighted by Gasteiger charge is 2.20. The number of thioether (sulfide) groups is 1. The first-order valence-electron chi connectivity index (χ1n) is 9.72. The van der Waals surface area contributed by atoms with E-state index in [2.05, 4.69) is 15.5 Å². The van der Waals surface area contributed by atoms with Gasteiger partial charge in [-0.1, -0.05) is 6.07 Å². The van der Waals surface area contributed by atoms with Crippen molar-refractivity contribution < 1.29 is 9.53 Å². The first-order valence-corrected chi connectivity index (χ1v) is 10.9. The third kappa shape index (κ3) is 3.90. The third-order valence-electron chi connectivity index (χ3n) is 5.32. The van der Waals surface area contributed by atoms with E-state index in [0.717, 1.165) is 40.4 Å². The normalized spacial score (nSPS) is 14.2. The highest BCUT2D eigenvalue weighted by Crippen LogP contribution is 2.32. The molecule has 4 rings (SSSR count). The molecule has 0 spiro atoms. The summed E-state index contributed by atoms with van der Waals surface area (Å²) in [6.45, 7) is 2.69. The lowest BCUT2D eigenvalue weighted by Crippen LogP contribution is -2.37. The number of nitrogens with one attached hydrogen (secondary N) is 2. The number of anilines is 3. The number of fused-ring (bicyclic) bond motifs is 1. The lowest BCUT2D eigenvalue weighted by molar-refractivity contribution is 0.123. The molecule has 1 aliphatic heterocycles. The maximum Gasteiger partial charge on any atom is 0.328 e. The van der Waals surface area contributed by atoms with E-state index in [1.165, 1.54) is 0 Å². The van der Waals surface area contributed by atoms with Crippen molar-refractivity contribution in [2.24, 2.45) is 14.1 Å². The number of hydrogen-bond donors (Lipinski definition) is 2. The summed E-state index contributed by atoms with van der Waals surface area (Å²) < 4.78 is 8.68. The molecule has 0 saturated carbocycles. The van der Waals surface area contributed by atoms with E-state index >= 15 is 0 Å². The van der Waals surface area contributed by atoms with Crippen LogP contribution >= 0.6 is 11.8 Å². The van der Waals surface area contributed by atoms with Crippen LogP contribution in [-0.2, 0) is 18.8 Å². The summed E-state index contributed by atoms with van der Waals surface area (Å²) in [5.41, 5.74) is 3.74. The van der Waals surface area contributed by atoms with Gasteiger partial charge in [-0.25, -0.2) is 9.59 Å². The van der Waals surface area contributed by atoms with Gasteiger partial charge in [0.1, 0.15) is 0 Å². The molecule has 30 heavy (non-hydrogen) atoms. The molecule has 1 aliphatic rings. The predicted octanol–water partition coefficient (Wildman–Crippen LogP) is 3.08. The Balaban J connectivity index is 1.69. The fraction of sp³-hybridized carbons (Fsp3) is 0.333. The second-order valence-electron chi connectivity index (χ2n) is 7.17. The molecule has 2 heterocycles. The number of morpholine rings is 1. The van der Waals surface area contributed by atoms with Gasteiger partial charge in [-0.15, -0.1) is 11.8 Å². The van der Waals surface area contributed by atoms with Crippen LogP contribution in [-0.4, -0.2) is 47.7 Å². The summed E-state index contributed by atoms with van der Waals surface area (Å²) in [6.07, 6.45) is 1.99. The zero-order valence-electron chi connectivity index (χ0n) is 17.3. The van der Waals surface area contributed by atoms with Gasteiger partial charge in [-0.05, 0) is 36.6 Å². The Morgan fingerprint density at radius 3 is 2.43 bits per heavy atom. The molecule has 0 radical (unpaired) electrons. The van der Waals surface area contributed by atoms with Gasteiger partial charge < -0.3 is 20.3 Å². The zero-order valence-corrected chi connectivity index (χ0v) is 18.1. The standard InChI is InChI=1S/C21H25N5O3S/c1-24-18-12-16(23-20(27)22-14-5-4-6-15(11-14)30-3)17(26-7-9-29-10-8-26)13-19(18)25(2)21(24)28/h4-6,11-13H,7-10H2,1-3H3,(H2,22,23,27). The number of carbonyl (C=O) groups excluding carboxylic acids is 1. The number of aromatic nitrogens is 2. The summed E-state index contributed by atoms with van der Waals surface area (Å²) in [6, 6.07) is 11.2. The molecule has 2 amide bonds. The molecule has 2 aromatic carbocycles. The smallest absolute Gasteiger partial charge is 0.328 e. The average molecular weight is 428 g/mol. The van der Waals surface area contributed by atoms with Gasteiger partial charge in [-0.2, -0.15) is 0 Å². The number of aryl methyl sites for hydroxylation is 2. The Labute approximate surface area is 178 Å². The van der Waals surface area contributed by atoms with Gasteiger partial charge in [0.25, 0.3) is 0 Å². The van der Waals surface area contributed by atoms with Crippen LogP contribution < -0.4 is 21.2 Å². The zero-order chi connectivity index (χ0) is 21.3. The van der Waals surface area contributed by atoms with Gasteiger partial charge in [-0.3, -0.25) is 9.13 Å². The second kappa shape index (κ2) is 8.45. The Kier molecular flexibility index (Phi) is 5.74. The first kappa shape index (κ1) is 20.4. The summed E-state index contributed by atoms with van der Waals surface area (Å²) in [4.78, 5) is 28.4. The predicted molar refractivity (Wildman–Crippen MR) is 122 cm³/mol. The summed E-state index contributed by atoms with van der Waals surface area (Å²) in [5, 5.41) is 5.87. The van der Waals surface area contributed by atoms with Crippen LogP contribution in [0.15, 0.2) is 46.1 Å². The van der Waals surface area contributed by atoms with Crippen LogP contribution in [0, 0.1) is 0 Å². The van der Waals surface area contributed by atoms with Crippen molar-refractivity contribution in [2.45, 2.75) is 4.90 Å². The highest BCUT2D eigenvalue weighted by molar-refractivity contribution is 7.98. The molecule has 8 nitrogen and oxygen atoms in total. The number of hydrogen-bond acceptors (Lipinski definition) is 5. The van der Waals surface area contributed by atoms with Crippen molar-refractivity contribution >= 4 is 45.9 Å². The molecular formula is C21H25N5O3S. The van der Waals surface area contributed by atoms with Crippen molar-refractivity contribution in [3.63, 3.8) is 0 Å². The number of urea groups is 1. The van der Waals surface area contributed by atoms with Crippen LogP contribution in [0.25, 0.3) is 11.0 Å². The van der Waals surface area contributed by atoms with Crippen molar-refractivity contribution in [2.75, 3.05) is 48.1 Å². The van der Waals surface area contributed by atoms with E-state index in [1.54, 1.807) is 35.0 Å². The number of rotatable bonds is 4. The van der Waals surface area contributed by atoms with E-state index in [4.69, 9.17) is 4.74 Å². The van der Waals surface area contributed by atoms with Gasteiger partial charge in [0, 0.05) is 37.8 Å². The number of amides is 2. The molecule has 1 aromatic heterocycles. The summed E-state index contributed by atoms with van der Waals surface area (Å²) in [5.74, 6) is 0. The highest BCUT2D eigenvalue weighted by atomic mass is 32.2. The first-order chi connectivity index (χ1) is 14.5. The number of ether oxygens (including phenoxy) is 1. The number of imidazole rings is 1. The van der Waals surface area contributed by atoms with Crippen molar-refractivity contribution in [3.05, 3.63) is 46.9 Å². The Hall–Kier alpha value is -2.91. The third-order valence-corrected chi connectivity index (χ3v) is 6.04. The molecule has 3 aromatic rings. The molecule has 0 unspecified atom stereocenters. The summed E-state index contributed by atoms with van der Waals surface area (Å²) >= 11 is 1.62. The minimum absolute atomic E-state index is 0.103. The van der Waals surface area contributed by atoms with E-state index in [-0.39, 0.29) is 11.7 Å². The van der Waals surface area contributed by atoms with E-state index < -0.39 is 0 Å². The largest absolute Gasteiger partial charge is 0.378 e. The molecule has 9 heteroatoms. The van der Waals surface area contributed by atoms with Gasteiger partial charge >= 0.3 is 11.7 Å². The minimum Gasteiger partial charge on any atom is -0.378 e. The monoisotopic (exact) mass is 427 g/mol. The van der Waals surface area contributed by atoms with E-state index in [9.17, 15) is 9.59 Å². The second-order valence-corrected chi connectivity index (χ2v) is 8.05. The maximum atomic E-state index is 12.8. The molecule has 2 N–H and O–H groups in total. The molecule has 0 aliphatic carbocycles. The Morgan fingerprint density at radius 1 is 1.03 bits per heavy atom. The van der Waals surface area contributed by atoms with Gasteiger partial charge in [0.2, 0.25) is 0 Å². The van der Waals surface area contributed by atoms with Crippen molar-refractivity contribution in [1.29, 1.82) is 0 Å². The molecule has 1 fully saturated rings. The molecule has 1 saturated heterocycles. The molecule has 158 valence electrons. The van der Waals surface area contributed by atoms with E-state index in [0.29, 0.717) is 18.9 Å². The molecular weight excluding hydrogens is 402 g/mol. The molecule has 0 bridgehead atoms.